The van der Waals surface area contributed by atoms with Gasteiger partial charge in [-0.1, -0.05) is 0 Å². The van der Waals surface area contributed by atoms with Gasteiger partial charge in [-0.15, -0.1) is 0 Å². The summed E-state index contributed by atoms with van der Waals surface area (Å²) in [7, 11) is 9.45. The van der Waals surface area contributed by atoms with Gasteiger partial charge in [0.05, 0.1) is 27.9 Å². The maximum absolute atomic E-state index is 12.1. The molecule has 0 bridgehead atoms. The average Bonchev–Trinajstić information content (AvgIpc) is 2.58. The van der Waals surface area contributed by atoms with Crippen LogP contribution in [0, 0.1) is 0 Å². The fraction of sp³-hybridized carbons (Fsp3) is 0.412. The maximum atomic E-state index is 12.1. The smallest absolute Gasteiger partial charge is 0.246 e. The minimum absolute atomic E-state index is 0.0131. The van der Waals surface area contributed by atoms with E-state index in [-0.39, 0.29) is 18.4 Å². The average molecular weight is 336 g/mol. The summed E-state index contributed by atoms with van der Waals surface area (Å²) < 4.78 is 15.8. The second-order valence-corrected chi connectivity index (χ2v) is 5.26. The summed E-state index contributed by atoms with van der Waals surface area (Å²) in [5.41, 5.74) is 0.663. The molecular formula is C17H24N2O5. The van der Waals surface area contributed by atoms with Crippen molar-refractivity contribution >= 4 is 17.9 Å². The van der Waals surface area contributed by atoms with E-state index in [4.69, 9.17) is 14.2 Å². The molecule has 0 radical (unpaired) electrons. The molecule has 1 rings (SSSR count). The Morgan fingerprint density at radius 3 is 2.00 bits per heavy atom. The van der Waals surface area contributed by atoms with E-state index in [1.807, 2.05) is 0 Å². The second kappa shape index (κ2) is 8.81. The molecule has 0 spiro atoms. The zero-order valence-corrected chi connectivity index (χ0v) is 15.0. The number of carbonyl (C=O) groups is 2. The first-order valence-electron chi connectivity index (χ1n) is 7.27. The van der Waals surface area contributed by atoms with E-state index in [0.29, 0.717) is 22.8 Å². The Morgan fingerprint density at radius 1 is 0.958 bits per heavy atom. The summed E-state index contributed by atoms with van der Waals surface area (Å²) in [6.07, 6.45) is 2.99. The van der Waals surface area contributed by atoms with Gasteiger partial charge in [0.15, 0.2) is 11.5 Å². The zero-order chi connectivity index (χ0) is 18.3. The molecule has 0 saturated carbocycles. The van der Waals surface area contributed by atoms with E-state index in [1.165, 1.54) is 37.2 Å². The van der Waals surface area contributed by atoms with Gasteiger partial charge in [0.2, 0.25) is 11.8 Å². The molecule has 7 heteroatoms. The highest BCUT2D eigenvalue weighted by Crippen LogP contribution is 2.35. The summed E-state index contributed by atoms with van der Waals surface area (Å²) in [6.45, 7) is 0.0131. The summed E-state index contributed by atoms with van der Waals surface area (Å²) >= 11 is 0. The molecule has 1 aromatic rings. The molecule has 0 unspecified atom stereocenters. The van der Waals surface area contributed by atoms with Crippen molar-refractivity contribution in [2.45, 2.75) is 0 Å². The van der Waals surface area contributed by atoms with Crippen molar-refractivity contribution in [3.05, 3.63) is 23.8 Å². The van der Waals surface area contributed by atoms with Gasteiger partial charge in [-0.05, 0) is 12.1 Å². The van der Waals surface area contributed by atoms with Crippen molar-refractivity contribution in [3.8, 4) is 17.2 Å². The highest BCUT2D eigenvalue weighted by atomic mass is 16.5. The Hall–Kier alpha value is -2.70. The Kier molecular flexibility index (Phi) is 7.10. The number of methoxy groups -OCH3 is 3. The Bertz CT molecular complexity index is 626. The predicted molar refractivity (Wildman–Crippen MR) is 91.5 cm³/mol. The van der Waals surface area contributed by atoms with Gasteiger partial charge >= 0.3 is 0 Å². The molecule has 2 amide bonds. The van der Waals surface area contributed by atoms with Crippen LogP contribution in [0.3, 0.4) is 0 Å². The zero-order valence-electron chi connectivity index (χ0n) is 15.0. The van der Waals surface area contributed by atoms with Gasteiger partial charge in [-0.2, -0.15) is 0 Å². The third-order valence-corrected chi connectivity index (χ3v) is 3.39. The van der Waals surface area contributed by atoms with E-state index in [2.05, 4.69) is 0 Å². The second-order valence-electron chi connectivity index (χ2n) is 5.26. The maximum Gasteiger partial charge on any atom is 0.246 e. The molecule has 0 aliphatic heterocycles. The van der Waals surface area contributed by atoms with Gasteiger partial charge < -0.3 is 24.0 Å². The lowest BCUT2D eigenvalue weighted by atomic mass is 10.1. The monoisotopic (exact) mass is 336 g/mol. The largest absolute Gasteiger partial charge is 0.496 e. The lowest BCUT2D eigenvalue weighted by Gasteiger charge is -2.17. The van der Waals surface area contributed by atoms with E-state index >= 15 is 0 Å². The molecule has 0 N–H and O–H groups in total. The number of hydrogen-bond donors (Lipinski definition) is 0. The molecule has 0 aromatic heterocycles. The number of ether oxygens (including phenoxy) is 3. The molecule has 0 saturated heterocycles. The van der Waals surface area contributed by atoms with Crippen molar-refractivity contribution in [2.24, 2.45) is 0 Å². The fourth-order valence-corrected chi connectivity index (χ4v) is 1.89. The Morgan fingerprint density at radius 2 is 1.50 bits per heavy atom. The van der Waals surface area contributed by atoms with Gasteiger partial charge in [-0.3, -0.25) is 9.59 Å². The normalized spacial score (nSPS) is 10.4. The predicted octanol–water partition coefficient (Wildman–Crippen LogP) is 1.27. The molecule has 1 aromatic carbocycles. The number of amides is 2. The van der Waals surface area contributed by atoms with Crippen LogP contribution in [0.25, 0.3) is 6.08 Å². The third-order valence-electron chi connectivity index (χ3n) is 3.39. The van der Waals surface area contributed by atoms with Gasteiger partial charge in [0.1, 0.15) is 5.75 Å². The van der Waals surface area contributed by atoms with Crippen LogP contribution in [0.5, 0.6) is 17.2 Å². The van der Waals surface area contributed by atoms with Crippen molar-refractivity contribution in [3.63, 3.8) is 0 Å². The van der Waals surface area contributed by atoms with Crippen LogP contribution in [0.1, 0.15) is 5.56 Å². The van der Waals surface area contributed by atoms with E-state index in [9.17, 15) is 9.59 Å². The summed E-state index contributed by atoms with van der Waals surface area (Å²) in [4.78, 5) is 26.5. The minimum Gasteiger partial charge on any atom is -0.496 e. The van der Waals surface area contributed by atoms with Gasteiger partial charge in [0.25, 0.3) is 0 Å². The summed E-state index contributed by atoms with van der Waals surface area (Å²) in [5, 5.41) is 0. The van der Waals surface area contributed by atoms with Gasteiger partial charge in [-0.25, -0.2) is 0 Å². The summed E-state index contributed by atoms with van der Waals surface area (Å²) in [6, 6.07) is 3.40. The van der Waals surface area contributed by atoms with E-state index < -0.39 is 0 Å². The van der Waals surface area contributed by atoms with Crippen molar-refractivity contribution in [2.75, 3.05) is 49.0 Å². The van der Waals surface area contributed by atoms with E-state index in [0.717, 1.165) is 0 Å². The first-order chi connectivity index (χ1) is 11.3. The SMILES string of the molecule is COc1cc(OC)c(OC)cc1/C=C/C(=O)N(C)CC(=O)N(C)C. The van der Waals surface area contributed by atoms with Crippen LogP contribution in [-0.4, -0.2) is 70.6 Å². The molecule has 0 fully saturated rings. The van der Waals surface area contributed by atoms with Crippen LogP contribution in [0.2, 0.25) is 0 Å². The number of benzene rings is 1. The third kappa shape index (κ3) is 4.91. The lowest BCUT2D eigenvalue weighted by molar-refractivity contribution is -0.135. The van der Waals surface area contributed by atoms with Crippen LogP contribution < -0.4 is 14.2 Å². The summed E-state index contributed by atoms with van der Waals surface area (Å²) in [5.74, 6) is 1.17. The highest BCUT2D eigenvalue weighted by Gasteiger charge is 2.13. The topological polar surface area (TPSA) is 68.3 Å². The lowest BCUT2D eigenvalue weighted by Crippen LogP contribution is -2.36. The van der Waals surface area contributed by atoms with Crippen molar-refractivity contribution in [1.29, 1.82) is 0 Å². The standard InChI is InChI=1S/C17H24N2O5/c1-18(2)17(21)11-19(3)16(20)8-7-12-9-14(23-5)15(24-6)10-13(12)22-4/h7-10H,11H2,1-6H3/b8-7+. The highest BCUT2D eigenvalue weighted by molar-refractivity contribution is 5.94. The quantitative estimate of drug-likeness (QED) is 0.702. The molecule has 0 atom stereocenters. The Labute approximate surface area is 142 Å². The van der Waals surface area contributed by atoms with Crippen LogP contribution in [0.15, 0.2) is 18.2 Å². The van der Waals surface area contributed by atoms with E-state index in [1.54, 1.807) is 39.4 Å². The molecule has 132 valence electrons. The molecule has 0 aliphatic rings. The van der Waals surface area contributed by atoms with Gasteiger partial charge in [0, 0.05) is 38.8 Å². The number of likely N-dealkylation sites (N-methyl/N-ethyl adjacent to an activating group) is 2. The first-order valence-corrected chi connectivity index (χ1v) is 7.27. The molecule has 24 heavy (non-hydrogen) atoms. The molecular weight excluding hydrogens is 312 g/mol. The minimum atomic E-state index is -0.290. The number of rotatable bonds is 7. The number of nitrogens with zero attached hydrogens (tertiary/aromatic N) is 2. The van der Waals surface area contributed by atoms with Crippen molar-refractivity contribution in [1.82, 2.24) is 9.80 Å². The number of carbonyl (C=O) groups excluding carboxylic acids is 2. The van der Waals surface area contributed by atoms with Crippen LogP contribution in [-0.2, 0) is 9.59 Å². The first kappa shape index (κ1) is 19.3. The fourth-order valence-electron chi connectivity index (χ4n) is 1.89. The Balaban J connectivity index is 2.96. The number of hydrogen-bond acceptors (Lipinski definition) is 5. The van der Waals surface area contributed by atoms with Crippen LogP contribution >= 0.6 is 0 Å². The molecule has 0 aliphatic carbocycles. The van der Waals surface area contributed by atoms with Crippen LogP contribution in [0.4, 0.5) is 0 Å². The molecule has 0 heterocycles. The van der Waals surface area contributed by atoms with Crippen molar-refractivity contribution < 1.29 is 23.8 Å². The molecule has 7 nitrogen and oxygen atoms in total.